The van der Waals surface area contributed by atoms with Crippen molar-refractivity contribution in [2.24, 2.45) is 0 Å². The minimum absolute atomic E-state index is 0.0264. The van der Waals surface area contributed by atoms with Gasteiger partial charge in [-0.05, 0) is 44.0 Å². The van der Waals surface area contributed by atoms with Crippen LogP contribution in [0.25, 0.3) is 5.70 Å². The number of hydrogen-bond donors (Lipinski definition) is 0. The van der Waals surface area contributed by atoms with E-state index in [2.05, 4.69) is 0 Å². The first-order valence-corrected chi connectivity index (χ1v) is 7.90. The van der Waals surface area contributed by atoms with E-state index >= 15 is 0 Å². The standard InChI is InChI=1S/C17H22ClNO3/c1-4-19-16(8-7-15(18)17(19)20)14-6-5-13(11-12(14)2)22-10-9-21-3/h5-6,8,11,15H,4,7,9-10H2,1-3H3. The first-order valence-electron chi connectivity index (χ1n) is 7.46. The molecule has 1 aromatic carbocycles. The van der Waals surface area contributed by atoms with E-state index in [1.807, 2.05) is 38.1 Å². The molecular formula is C17H22ClNO3. The van der Waals surface area contributed by atoms with Crippen molar-refractivity contribution in [1.82, 2.24) is 4.90 Å². The number of hydrogen-bond acceptors (Lipinski definition) is 3. The number of allylic oxidation sites excluding steroid dienone is 1. The summed E-state index contributed by atoms with van der Waals surface area (Å²) in [7, 11) is 1.65. The number of aryl methyl sites for hydroxylation is 1. The summed E-state index contributed by atoms with van der Waals surface area (Å²) in [5, 5.41) is -0.458. The molecular weight excluding hydrogens is 302 g/mol. The van der Waals surface area contributed by atoms with Gasteiger partial charge in [-0.3, -0.25) is 4.79 Å². The molecule has 1 unspecified atom stereocenters. The Bertz CT molecular complexity index is 571. The Morgan fingerprint density at radius 1 is 1.36 bits per heavy atom. The zero-order valence-electron chi connectivity index (χ0n) is 13.3. The fourth-order valence-electron chi connectivity index (χ4n) is 2.55. The van der Waals surface area contributed by atoms with Crippen LogP contribution in [0.2, 0.25) is 0 Å². The smallest absolute Gasteiger partial charge is 0.245 e. The van der Waals surface area contributed by atoms with E-state index in [4.69, 9.17) is 21.1 Å². The van der Waals surface area contributed by atoms with Gasteiger partial charge in [0.25, 0.3) is 0 Å². The van der Waals surface area contributed by atoms with Crippen molar-refractivity contribution in [1.29, 1.82) is 0 Å². The number of nitrogens with zero attached hydrogens (tertiary/aromatic N) is 1. The van der Waals surface area contributed by atoms with Crippen LogP contribution >= 0.6 is 11.6 Å². The van der Waals surface area contributed by atoms with Gasteiger partial charge < -0.3 is 14.4 Å². The van der Waals surface area contributed by atoms with Gasteiger partial charge in [-0.15, -0.1) is 11.6 Å². The van der Waals surface area contributed by atoms with E-state index in [0.717, 1.165) is 22.6 Å². The lowest BCUT2D eigenvalue weighted by Crippen LogP contribution is -2.38. The molecule has 22 heavy (non-hydrogen) atoms. The highest BCUT2D eigenvalue weighted by atomic mass is 35.5. The lowest BCUT2D eigenvalue weighted by Gasteiger charge is -2.31. The third kappa shape index (κ3) is 3.62. The van der Waals surface area contributed by atoms with Crippen LogP contribution in [0.5, 0.6) is 5.75 Å². The fourth-order valence-corrected chi connectivity index (χ4v) is 2.76. The normalized spacial score (nSPS) is 18.4. The molecule has 0 fully saturated rings. The van der Waals surface area contributed by atoms with Gasteiger partial charge in [0, 0.05) is 24.9 Å². The van der Waals surface area contributed by atoms with Crippen LogP contribution in [0.3, 0.4) is 0 Å². The Balaban J connectivity index is 2.23. The number of amides is 1. The predicted octanol–water partition coefficient (Wildman–Crippen LogP) is 3.22. The summed E-state index contributed by atoms with van der Waals surface area (Å²) in [4.78, 5) is 14.0. The third-order valence-electron chi connectivity index (χ3n) is 3.69. The first kappa shape index (κ1) is 16.8. The van der Waals surface area contributed by atoms with Crippen LogP contribution < -0.4 is 4.74 Å². The second kappa shape index (κ2) is 7.65. The van der Waals surface area contributed by atoms with Crippen LogP contribution in [0.4, 0.5) is 0 Å². The average molecular weight is 324 g/mol. The second-order valence-electron chi connectivity index (χ2n) is 5.19. The molecule has 0 aliphatic carbocycles. The summed E-state index contributed by atoms with van der Waals surface area (Å²) in [6, 6.07) is 5.90. The average Bonchev–Trinajstić information content (AvgIpc) is 2.51. The SMILES string of the molecule is CCN1C(=O)C(Cl)CC=C1c1ccc(OCCOC)cc1C. The Morgan fingerprint density at radius 3 is 2.77 bits per heavy atom. The highest BCUT2D eigenvalue weighted by molar-refractivity contribution is 6.31. The molecule has 0 saturated heterocycles. The molecule has 120 valence electrons. The van der Waals surface area contributed by atoms with Crippen molar-refractivity contribution in [3.63, 3.8) is 0 Å². The van der Waals surface area contributed by atoms with Gasteiger partial charge in [0.05, 0.1) is 6.61 Å². The molecule has 0 N–H and O–H groups in total. The quantitative estimate of drug-likeness (QED) is 0.596. The first-order chi connectivity index (χ1) is 10.6. The number of methoxy groups -OCH3 is 1. The molecule has 0 bridgehead atoms. The maximum Gasteiger partial charge on any atom is 0.245 e. The fraction of sp³-hybridized carbons (Fsp3) is 0.471. The molecule has 0 aromatic heterocycles. The molecule has 1 aliphatic rings. The highest BCUT2D eigenvalue weighted by Crippen LogP contribution is 2.31. The minimum Gasteiger partial charge on any atom is -0.491 e. The van der Waals surface area contributed by atoms with Crippen molar-refractivity contribution in [2.75, 3.05) is 26.9 Å². The van der Waals surface area contributed by atoms with Gasteiger partial charge >= 0.3 is 0 Å². The summed E-state index contributed by atoms with van der Waals surface area (Å²) >= 11 is 6.06. The molecule has 4 nitrogen and oxygen atoms in total. The number of ether oxygens (including phenoxy) is 2. The molecule has 0 radical (unpaired) electrons. The van der Waals surface area contributed by atoms with Gasteiger partial charge in [0.1, 0.15) is 17.7 Å². The van der Waals surface area contributed by atoms with Crippen LogP contribution in [-0.4, -0.2) is 43.1 Å². The molecule has 1 heterocycles. The van der Waals surface area contributed by atoms with Crippen molar-refractivity contribution in [3.05, 3.63) is 35.4 Å². The van der Waals surface area contributed by atoms with E-state index in [1.165, 1.54) is 0 Å². The molecule has 0 spiro atoms. The molecule has 1 amide bonds. The topological polar surface area (TPSA) is 38.8 Å². The summed E-state index contributed by atoms with van der Waals surface area (Å²) in [6.45, 7) is 5.66. The second-order valence-corrected chi connectivity index (χ2v) is 5.72. The van der Waals surface area contributed by atoms with Crippen molar-refractivity contribution in [2.45, 2.75) is 25.6 Å². The Hall–Kier alpha value is -1.52. The predicted molar refractivity (Wildman–Crippen MR) is 88.2 cm³/mol. The summed E-state index contributed by atoms with van der Waals surface area (Å²) in [5.74, 6) is 0.779. The largest absolute Gasteiger partial charge is 0.491 e. The van der Waals surface area contributed by atoms with Gasteiger partial charge in [-0.2, -0.15) is 0 Å². The van der Waals surface area contributed by atoms with Gasteiger partial charge in [0.15, 0.2) is 0 Å². The number of carbonyl (C=O) groups excluding carboxylic acids is 1. The van der Waals surface area contributed by atoms with E-state index in [0.29, 0.717) is 26.2 Å². The highest BCUT2D eigenvalue weighted by Gasteiger charge is 2.29. The van der Waals surface area contributed by atoms with Crippen LogP contribution in [-0.2, 0) is 9.53 Å². The van der Waals surface area contributed by atoms with Crippen LogP contribution in [0.15, 0.2) is 24.3 Å². The third-order valence-corrected chi connectivity index (χ3v) is 4.05. The lowest BCUT2D eigenvalue weighted by molar-refractivity contribution is -0.127. The van der Waals surface area contributed by atoms with Gasteiger partial charge in [-0.25, -0.2) is 0 Å². The summed E-state index contributed by atoms with van der Waals surface area (Å²) in [6.07, 6.45) is 2.61. The van der Waals surface area contributed by atoms with Crippen LogP contribution in [0, 0.1) is 6.92 Å². The number of benzene rings is 1. The molecule has 0 saturated carbocycles. The Kier molecular flexibility index (Phi) is 5.86. The zero-order chi connectivity index (χ0) is 16.1. The van der Waals surface area contributed by atoms with Crippen molar-refractivity contribution in [3.8, 4) is 5.75 Å². The number of alkyl halides is 1. The Morgan fingerprint density at radius 2 is 2.14 bits per heavy atom. The molecule has 1 aromatic rings. The van der Waals surface area contributed by atoms with E-state index < -0.39 is 5.38 Å². The number of rotatable bonds is 6. The molecule has 2 rings (SSSR count). The van der Waals surface area contributed by atoms with E-state index in [1.54, 1.807) is 12.0 Å². The van der Waals surface area contributed by atoms with Gasteiger partial charge in [0.2, 0.25) is 5.91 Å². The molecule has 1 atom stereocenters. The van der Waals surface area contributed by atoms with Gasteiger partial charge in [-0.1, -0.05) is 6.08 Å². The molecule has 5 heteroatoms. The van der Waals surface area contributed by atoms with E-state index in [-0.39, 0.29) is 5.91 Å². The summed E-state index contributed by atoms with van der Waals surface area (Å²) < 4.78 is 10.6. The maximum absolute atomic E-state index is 12.2. The monoisotopic (exact) mass is 323 g/mol. The molecule has 1 aliphatic heterocycles. The number of halogens is 1. The van der Waals surface area contributed by atoms with E-state index in [9.17, 15) is 4.79 Å². The zero-order valence-corrected chi connectivity index (χ0v) is 14.0. The van der Waals surface area contributed by atoms with Crippen LogP contribution in [0.1, 0.15) is 24.5 Å². The van der Waals surface area contributed by atoms with Crippen molar-refractivity contribution >= 4 is 23.2 Å². The lowest BCUT2D eigenvalue weighted by atomic mass is 10.00. The number of carbonyl (C=O) groups is 1. The summed E-state index contributed by atoms with van der Waals surface area (Å²) in [5.41, 5.74) is 3.05. The van der Waals surface area contributed by atoms with Crippen molar-refractivity contribution < 1.29 is 14.3 Å². The minimum atomic E-state index is -0.458. The maximum atomic E-state index is 12.2. The Labute approximate surface area is 136 Å².